The van der Waals surface area contributed by atoms with Gasteiger partial charge in [-0.2, -0.15) is 0 Å². The number of aromatic nitrogens is 1. The Bertz CT molecular complexity index is 668. The Morgan fingerprint density at radius 2 is 1.62 bits per heavy atom. The molecule has 0 N–H and O–H groups in total. The summed E-state index contributed by atoms with van der Waals surface area (Å²) in [7, 11) is -1.63. The van der Waals surface area contributed by atoms with Crippen LogP contribution >= 0.6 is 0 Å². The molecule has 1 aromatic carbocycles. The zero-order chi connectivity index (χ0) is 16.1. The molecule has 0 bridgehead atoms. The van der Waals surface area contributed by atoms with E-state index in [0.717, 1.165) is 0 Å². The van der Waals surface area contributed by atoms with E-state index < -0.39 is 8.24 Å². The minimum atomic E-state index is -1.63. The molecule has 21 heavy (non-hydrogen) atoms. The van der Waals surface area contributed by atoms with Crippen molar-refractivity contribution in [2.45, 2.75) is 58.2 Å². The van der Waals surface area contributed by atoms with Crippen LogP contribution in [0.4, 0.5) is 0 Å². The van der Waals surface area contributed by atoms with E-state index in [1.165, 1.54) is 16.5 Å². The quantitative estimate of drug-likeness (QED) is 0.487. The van der Waals surface area contributed by atoms with Gasteiger partial charge in [-0.3, -0.25) is 0 Å². The van der Waals surface area contributed by atoms with Gasteiger partial charge in [0.15, 0.2) is 8.24 Å². The van der Waals surface area contributed by atoms with Crippen molar-refractivity contribution < 1.29 is 0 Å². The largest absolute Gasteiger partial charge is 0.374 e. The van der Waals surface area contributed by atoms with Crippen molar-refractivity contribution in [2.75, 3.05) is 0 Å². The van der Waals surface area contributed by atoms with Gasteiger partial charge in [0.2, 0.25) is 0 Å². The van der Waals surface area contributed by atoms with E-state index in [1.807, 2.05) is 0 Å². The summed E-state index contributed by atoms with van der Waals surface area (Å²) >= 11 is 0. The molecular weight excluding hydrogens is 270 g/mol. The number of allylic oxidation sites excluding steroid dienone is 1. The molecule has 114 valence electrons. The Balaban J connectivity index is 2.82. The molecule has 0 aliphatic carbocycles. The van der Waals surface area contributed by atoms with Crippen molar-refractivity contribution in [3.05, 3.63) is 48.7 Å². The first-order valence-electron chi connectivity index (χ1n) is 7.77. The van der Waals surface area contributed by atoms with Crippen LogP contribution in [-0.2, 0) is 5.41 Å². The van der Waals surface area contributed by atoms with Crippen molar-refractivity contribution in [1.82, 2.24) is 4.23 Å². The molecule has 0 spiro atoms. The second-order valence-corrected chi connectivity index (χ2v) is 13.3. The highest BCUT2D eigenvalue weighted by molar-refractivity contribution is 6.79. The Labute approximate surface area is 130 Å². The molecule has 2 heteroatoms. The molecule has 1 aromatic heterocycles. The molecule has 0 saturated carbocycles. The topological polar surface area (TPSA) is 4.93 Å². The lowest BCUT2D eigenvalue weighted by atomic mass is 9.85. The lowest BCUT2D eigenvalue weighted by Crippen LogP contribution is -2.45. The summed E-state index contributed by atoms with van der Waals surface area (Å²) in [6.07, 6.45) is 4.45. The number of benzene rings is 1. The summed E-state index contributed by atoms with van der Waals surface area (Å²) in [5, 5.41) is 1.68. The minimum Gasteiger partial charge on any atom is -0.374 e. The lowest BCUT2D eigenvalue weighted by Gasteiger charge is -2.38. The van der Waals surface area contributed by atoms with Crippen LogP contribution in [0.3, 0.4) is 0 Å². The first-order valence-corrected chi connectivity index (χ1v) is 10.7. The first-order chi connectivity index (χ1) is 9.52. The molecule has 2 aromatic rings. The predicted molar refractivity (Wildman–Crippen MR) is 97.8 cm³/mol. The monoisotopic (exact) mass is 299 g/mol. The normalized spacial score (nSPS) is 13.7. The van der Waals surface area contributed by atoms with Crippen LogP contribution in [0.1, 0.15) is 40.2 Å². The van der Waals surface area contributed by atoms with Crippen LogP contribution in [0, 0.1) is 0 Å². The smallest absolute Gasteiger partial charge is 0.161 e. The lowest BCUT2D eigenvalue weighted by molar-refractivity contribution is 0.672. The van der Waals surface area contributed by atoms with E-state index in [4.69, 9.17) is 0 Å². The standard InChI is InChI=1S/C19H29NSi/c1-9-19(5,6)16-14-20(21(7,8)18(2,3)4)17-13-11-10-12-15(16)17/h9-14H,1H2,2-8H3. The van der Waals surface area contributed by atoms with Crippen LogP contribution in [0.5, 0.6) is 0 Å². The van der Waals surface area contributed by atoms with Crippen LogP contribution in [0.15, 0.2) is 43.1 Å². The van der Waals surface area contributed by atoms with Gasteiger partial charge in [-0.1, -0.05) is 72.0 Å². The fourth-order valence-electron chi connectivity index (χ4n) is 2.63. The van der Waals surface area contributed by atoms with Gasteiger partial charge >= 0.3 is 0 Å². The van der Waals surface area contributed by atoms with Crippen LogP contribution in [-0.4, -0.2) is 12.5 Å². The second-order valence-electron chi connectivity index (χ2n) is 8.16. The number of para-hydroxylation sites is 1. The molecule has 0 fully saturated rings. The predicted octanol–water partition coefficient (Wildman–Crippen LogP) is 5.96. The second kappa shape index (κ2) is 4.87. The maximum atomic E-state index is 4.04. The van der Waals surface area contributed by atoms with Gasteiger partial charge in [0.05, 0.1) is 0 Å². The van der Waals surface area contributed by atoms with E-state index in [9.17, 15) is 0 Å². The van der Waals surface area contributed by atoms with Gasteiger partial charge in [-0.25, -0.2) is 0 Å². The molecule has 0 saturated heterocycles. The maximum Gasteiger partial charge on any atom is 0.161 e. The highest BCUT2D eigenvalue weighted by Gasteiger charge is 2.39. The summed E-state index contributed by atoms with van der Waals surface area (Å²) in [6.45, 7) is 20.6. The number of hydrogen-bond donors (Lipinski definition) is 0. The van der Waals surface area contributed by atoms with Crippen molar-refractivity contribution >= 4 is 19.1 Å². The zero-order valence-corrected chi connectivity index (χ0v) is 15.6. The van der Waals surface area contributed by atoms with Crippen molar-refractivity contribution in [1.29, 1.82) is 0 Å². The Hall–Kier alpha value is -1.28. The molecule has 0 radical (unpaired) electrons. The van der Waals surface area contributed by atoms with Gasteiger partial charge in [0.1, 0.15) is 0 Å². The number of hydrogen-bond acceptors (Lipinski definition) is 0. The first kappa shape index (κ1) is 16.1. The summed E-state index contributed by atoms with van der Waals surface area (Å²) in [6, 6.07) is 8.80. The maximum absolute atomic E-state index is 4.04. The molecule has 0 aliphatic heterocycles. The van der Waals surface area contributed by atoms with Gasteiger partial charge in [0.25, 0.3) is 0 Å². The van der Waals surface area contributed by atoms with Gasteiger partial charge < -0.3 is 4.23 Å². The van der Waals surface area contributed by atoms with Gasteiger partial charge in [0, 0.05) is 22.5 Å². The third-order valence-corrected chi connectivity index (χ3v) is 10.6. The fourth-order valence-corrected chi connectivity index (χ4v) is 4.60. The summed E-state index contributed by atoms with van der Waals surface area (Å²) < 4.78 is 2.59. The molecular formula is C19H29NSi. The SMILES string of the molecule is C=CC(C)(C)c1cn([Si](C)(C)C(C)(C)C)c2ccccc12. The number of fused-ring (bicyclic) bond motifs is 1. The summed E-state index contributed by atoms with van der Waals surface area (Å²) in [5.74, 6) is 0. The van der Waals surface area contributed by atoms with E-state index in [-0.39, 0.29) is 5.41 Å². The van der Waals surface area contributed by atoms with Gasteiger partial charge in [-0.05, 0) is 16.7 Å². The summed E-state index contributed by atoms with van der Waals surface area (Å²) in [5.41, 5.74) is 2.75. The molecule has 2 rings (SSSR count). The van der Waals surface area contributed by atoms with E-state index in [1.54, 1.807) is 0 Å². The van der Waals surface area contributed by atoms with E-state index in [2.05, 4.69) is 95.1 Å². The molecule has 0 amide bonds. The average Bonchev–Trinajstić information content (AvgIpc) is 2.78. The summed E-state index contributed by atoms with van der Waals surface area (Å²) in [4.78, 5) is 0. The Kier molecular flexibility index (Phi) is 3.74. The van der Waals surface area contributed by atoms with Crippen molar-refractivity contribution in [3.63, 3.8) is 0 Å². The fraction of sp³-hybridized carbons (Fsp3) is 0.474. The van der Waals surface area contributed by atoms with Crippen LogP contribution in [0.25, 0.3) is 10.9 Å². The zero-order valence-electron chi connectivity index (χ0n) is 14.6. The average molecular weight is 300 g/mol. The Morgan fingerprint density at radius 3 is 2.14 bits per heavy atom. The molecule has 0 unspecified atom stereocenters. The third kappa shape index (κ3) is 2.50. The molecule has 0 atom stereocenters. The van der Waals surface area contributed by atoms with E-state index in [0.29, 0.717) is 5.04 Å². The number of nitrogens with zero attached hydrogens (tertiary/aromatic N) is 1. The van der Waals surface area contributed by atoms with Crippen molar-refractivity contribution in [2.24, 2.45) is 0 Å². The third-order valence-electron chi connectivity index (χ3n) is 5.35. The molecule has 1 nitrogen and oxygen atoms in total. The minimum absolute atomic E-state index is 0.00673. The van der Waals surface area contributed by atoms with Crippen LogP contribution in [0.2, 0.25) is 18.1 Å². The highest BCUT2D eigenvalue weighted by atomic mass is 28.3. The molecule has 0 aliphatic rings. The Morgan fingerprint density at radius 1 is 1.05 bits per heavy atom. The molecule has 1 heterocycles. The van der Waals surface area contributed by atoms with Gasteiger partial charge in [-0.15, -0.1) is 6.58 Å². The van der Waals surface area contributed by atoms with E-state index >= 15 is 0 Å². The van der Waals surface area contributed by atoms with Crippen molar-refractivity contribution in [3.8, 4) is 0 Å². The number of rotatable bonds is 3. The van der Waals surface area contributed by atoms with Crippen LogP contribution < -0.4 is 0 Å². The highest BCUT2D eigenvalue weighted by Crippen LogP contribution is 2.41.